The van der Waals surface area contributed by atoms with Gasteiger partial charge in [0, 0.05) is 23.4 Å². The average molecular weight is 424 g/mol. The Bertz CT molecular complexity index is 969. The second kappa shape index (κ2) is 6.97. The number of benzene rings is 1. The zero-order valence-electron chi connectivity index (χ0n) is 18.0. The predicted octanol–water partition coefficient (Wildman–Crippen LogP) is 3.01. The third-order valence-electron chi connectivity index (χ3n) is 8.34. The van der Waals surface area contributed by atoms with Gasteiger partial charge in [-0.3, -0.25) is 14.5 Å². The second-order valence-corrected chi connectivity index (χ2v) is 9.60. The van der Waals surface area contributed by atoms with Crippen LogP contribution in [-0.2, 0) is 14.4 Å². The number of fused-ring (bicyclic) bond motifs is 8. The van der Waals surface area contributed by atoms with Crippen LogP contribution in [0.2, 0.25) is 0 Å². The minimum absolute atomic E-state index is 0.0485. The number of hydrogen-bond donors (Lipinski definition) is 0. The van der Waals surface area contributed by atoms with E-state index >= 15 is 0 Å². The Morgan fingerprint density at radius 1 is 0.935 bits per heavy atom. The van der Waals surface area contributed by atoms with Gasteiger partial charge >= 0.3 is 0 Å². The highest BCUT2D eigenvalue weighted by molar-refractivity contribution is 6.09. The van der Waals surface area contributed by atoms with E-state index in [9.17, 15) is 9.59 Å². The number of amides is 2. The zero-order chi connectivity index (χ0) is 21.3. The van der Waals surface area contributed by atoms with E-state index in [1.54, 1.807) is 19.1 Å². The number of rotatable bonds is 4. The molecule has 4 fully saturated rings. The molecule has 2 amide bonds. The summed E-state index contributed by atoms with van der Waals surface area (Å²) in [5.41, 5.74) is 1.79. The Labute approximate surface area is 181 Å². The smallest absolute Gasteiger partial charge is 0.233 e. The summed E-state index contributed by atoms with van der Waals surface area (Å²) in [7, 11) is 3.22. The summed E-state index contributed by atoms with van der Waals surface area (Å²) in [5, 5.41) is 4.43. The normalized spacial score (nSPS) is 36.3. The van der Waals surface area contributed by atoms with Crippen LogP contribution in [0.25, 0.3) is 0 Å². The Morgan fingerprint density at radius 3 is 2.35 bits per heavy atom. The molecule has 2 heterocycles. The van der Waals surface area contributed by atoms with Crippen molar-refractivity contribution in [2.24, 2.45) is 34.7 Å². The molecule has 6 rings (SSSR count). The molecule has 31 heavy (non-hydrogen) atoms. The molecule has 5 aliphatic rings. The number of likely N-dealkylation sites (tertiary alicyclic amines) is 1. The Morgan fingerprint density at radius 2 is 1.65 bits per heavy atom. The summed E-state index contributed by atoms with van der Waals surface area (Å²) >= 11 is 0. The molecule has 3 saturated carbocycles. The van der Waals surface area contributed by atoms with Gasteiger partial charge in [-0.15, -0.1) is 0 Å². The molecule has 7 nitrogen and oxygen atoms in total. The van der Waals surface area contributed by atoms with Crippen LogP contribution in [0.5, 0.6) is 11.5 Å². The maximum absolute atomic E-state index is 13.5. The molecule has 2 bridgehead atoms. The van der Waals surface area contributed by atoms with Crippen molar-refractivity contribution < 1.29 is 23.9 Å². The number of carbonyl (C=O) groups excluding carboxylic acids is 2. The van der Waals surface area contributed by atoms with E-state index in [1.165, 1.54) is 6.42 Å². The van der Waals surface area contributed by atoms with E-state index in [1.807, 2.05) is 18.2 Å². The number of hydrogen-bond acceptors (Lipinski definition) is 6. The fraction of sp³-hybridized carbons (Fsp3) is 0.625. The number of ether oxygens (including phenoxy) is 2. The molecule has 1 saturated heterocycles. The first-order valence-corrected chi connectivity index (χ1v) is 11.5. The number of nitrogens with zero attached hydrogens (tertiary/aromatic N) is 2. The van der Waals surface area contributed by atoms with Crippen molar-refractivity contribution >= 4 is 17.5 Å². The molecule has 0 N–H and O–H groups in total. The van der Waals surface area contributed by atoms with E-state index in [0.717, 1.165) is 43.4 Å². The molecule has 1 aromatic rings. The van der Waals surface area contributed by atoms with Gasteiger partial charge in [-0.25, -0.2) is 0 Å². The quantitative estimate of drug-likeness (QED) is 0.695. The molecule has 2 aliphatic heterocycles. The first kappa shape index (κ1) is 19.1. The molecule has 6 unspecified atom stereocenters. The van der Waals surface area contributed by atoms with Crippen molar-refractivity contribution in [3.63, 3.8) is 0 Å². The minimum atomic E-state index is -0.222. The van der Waals surface area contributed by atoms with E-state index in [0.29, 0.717) is 11.5 Å². The van der Waals surface area contributed by atoms with Gasteiger partial charge in [-0.05, 0) is 43.4 Å². The van der Waals surface area contributed by atoms with Crippen LogP contribution in [0.15, 0.2) is 23.4 Å². The number of imide groups is 1. The van der Waals surface area contributed by atoms with Gasteiger partial charge in [-0.1, -0.05) is 24.4 Å². The highest BCUT2D eigenvalue weighted by Crippen LogP contribution is 2.62. The topological polar surface area (TPSA) is 77.4 Å². The summed E-state index contributed by atoms with van der Waals surface area (Å²) in [4.78, 5) is 34.4. The van der Waals surface area contributed by atoms with Crippen LogP contribution in [0.3, 0.4) is 0 Å². The highest BCUT2D eigenvalue weighted by Gasteiger charge is 2.70. The molecule has 0 radical (unpaired) electrons. The van der Waals surface area contributed by atoms with Gasteiger partial charge in [0.15, 0.2) is 11.5 Å². The van der Waals surface area contributed by atoms with Gasteiger partial charge in [-0.2, -0.15) is 0 Å². The van der Waals surface area contributed by atoms with Gasteiger partial charge in [0.05, 0.1) is 31.8 Å². The average Bonchev–Trinajstić information content (AvgIpc) is 3.54. The summed E-state index contributed by atoms with van der Waals surface area (Å²) in [6.07, 6.45) is 6.07. The van der Waals surface area contributed by atoms with Crippen LogP contribution in [0.4, 0.5) is 0 Å². The van der Waals surface area contributed by atoms with E-state index < -0.39 is 0 Å². The van der Waals surface area contributed by atoms with Gasteiger partial charge in [0.1, 0.15) is 6.10 Å². The Balaban J connectivity index is 1.30. The maximum atomic E-state index is 13.5. The summed E-state index contributed by atoms with van der Waals surface area (Å²) in [6.45, 7) is 0. The molecular formula is C24H28N2O5. The predicted molar refractivity (Wildman–Crippen MR) is 112 cm³/mol. The number of methoxy groups -OCH3 is 2. The van der Waals surface area contributed by atoms with Gasteiger partial charge in [0.25, 0.3) is 0 Å². The monoisotopic (exact) mass is 424 g/mol. The molecule has 0 aromatic heterocycles. The molecule has 0 spiro atoms. The Hall–Kier alpha value is -2.57. The van der Waals surface area contributed by atoms with Crippen molar-refractivity contribution in [3.05, 3.63) is 23.8 Å². The molecule has 7 heteroatoms. The van der Waals surface area contributed by atoms with Gasteiger partial charge < -0.3 is 14.3 Å². The summed E-state index contributed by atoms with van der Waals surface area (Å²) in [6, 6.07) is 5.85. The maximum Gasteiger partial charge on any atom is 0.233 e. The number of oxime groups is 1. The SMILES string of the molecule is COc1ccc(C2=NOC3C4CC(C23)C2C(=O)N(C3CCCCC3)C(=O)C42)cc1OC. The van der Waals surface area contributed by atoms with Crippen molar-refractivity contribution in [2.45, 2.75) is 50.7 Å². The van der Waals surface area contributed by atoms with Gasteiger partial charge in [0.2, 0.25) is 11.8 Å². The lowest BCUT2D eigenvalue weighted by atomic mass is 9.71. The first-order valence-electron chi connectivity index (χ1n) is 11.5. The van der Waals surface area contributed by atoms with Crippen molar-refractivity contribution in [3.8, 4) is 11.5 Å². The van der Waals surface area contributed by atoms with Crippen LogP contribution < -0.4 is 9.47 Å². The summed E-state index contributed by atoms with van der Waals surface area (Å²) in [5.74, 6) is 1.21. The van der Waals surface area contributed by atoms with E-state index in [2.05, 4.69) is 5.16 Å². The zero-order valence-corrected chi connectivity index (χ0v) is 18.0. The number of carbonyl (C=O) groups is 2. The lowest BCUT2D eigenvalue weighted by Gasteiger charge is -2.30. The van der Waals surface area contributed by atoms with Crippen LogP contribution in [0, 0.1) is 29.6 Å². The molecule has 1 aromatic carbocycles. The standard InChI is InChI=1S/C24H28N2O5/c1-29-16-9-8-12(10-17(16)30-2)21-20-14-11-15(22(20)31-25-21)19-18(14)23(27)26(24(19)28)13-6-4-3-5-7-13/h8-10,13-15,18-20,22H,3-7,11H2,1-2H3. The summed E-state index contributed by atoms with van der Waals surface area (Å²) < 4.78 is 10.8. The third kappa shape index (κ3) is 2.55. The lowest BCUT2D eigenvalue weighted by molar-refractivity contribution is -0.144. The lowest BCUT2D eigenvalue weighted by Crippen LogP contribution is -2.42. The second-order valence-electron chi connectivity index (χ2n) is 9.60. The highest BCUT2D eigenvalue weighted by atomic mass is 16.6. The van der Waals surface area contributed by atoms with Crippen LogP contribution in [-0.4, -0.2) is 48.8 Å². The van der Waals surface area contributed by atoms with Crippen molar-refractivity contribution in [1.29, 1.82) is 0 Å². The fourth-order valence-corrected chi connectivity index (χ4v) is 7.08. The third-order valence-corrected chi connectivity index (χ3v) is 8.34. The van der Waals surface area contributed by atoms with E-state index in [4.69, 9.17) is 14.3 Å². The Kier molecular flexibility index (Phi) is 4.30. The molecule has 3 aliphatic carbocycles. The molecule has 6 atom stereocenters. The van der Waals surface area contributed by atoms with Crippen LogP contribution >= 0.6 is 0 Å². The van der Waals surface area contributed by atoms with Crippen molar-refractivity contribution in [2.75, 3.05) is 14.2 Å². The van der Waals surface area contributed by atoms with Crippen molar-refractivity contribution in [1.82, 2.24) is 4.90 Å². The largest absolute Gasteiger partial charge is 0.493 e. The van der Waals surface area contributed by atoms with Crippen LogP contribution in [0.1, 0.15) is 44.1 Å². The molecular weight excluding hydrogens is 396 g/mol. The first-order chi connectivity index (χ1) is 15.1. The van der Waals surface area contributed by atoms with E-state index in [-0.39, 0.29) is 53.5 Å². The minimum Gasteiger partial charge on any atom is -0.493 e. The fourth-order valence-electron chi connectivity index (χ4n) is 7.08. The molecule has 164 valence electrons.